The van der Waals surface area contributed by atoms with E-state index in [0.29, 0.717) is 12.2 Å². The van der Waals surface area contributed by atoms with Crippen LogP contribution in [0.3, 0.4) is 0 Å². The maximum Gasteiger partial charge on any atom is 0.228 e. The van der Waals surface area contributed by atoms with Crippen LogP contribution in [0.15, 0.2) is 36.5 Å². The van der Waals surface area contributed by atoms with Gasteiger partial charge in [0.25, 0.3) is 0 Å². The summed E-state index contributed by atoms with van der Waals surface area (Å²) in [5.41, 5.74) is 9.65. The van der Waals surface area contributed by atoms with Crippen molar-refractivity contribution in [2.45, 2.75) is 6.42 Å². The molecule has 0 spiro atoms. The largest absolute Gasteiger partial charge is 0.384 e. The van der Waals surface area contributed by atoms with Crippen LogP contribution in [-0.4, -0.2) is 10.9 Å². The summed E-state index contributed by atoms with van der Waals surface area (Å²) in [6.07, 6.45) is 2.13. The molecule has 0 aliphatic carbocycles. The Hall–Kier alpha value is -2.36. The fourth-order valence-electron chi connectivity index (χ4n) is 2.04. The average Bonchev–Trinajstić information content (AvgIpc) is 2.68. The van der Waals surface area contributed by atoms with Crippen molar-refractivity contribution in [1.29, 1.82) is 0 Å². The Labute approximate surface area is 98.5 Å². The van der Waals surface area contributed by atoms with Crippen LogP contribution in [0, 0.1) is 0 Å². The van der Waals surface area contributed by atoms with Gasteiger partial charge >= 0.3 is 0 Å². The molecule has 84 valence electrons. The van der Waals surface area contributed by atoms with Gasteiger partial charge in [-0.3, -0.25) is 4.79 Å². The third kappa shape index (κ3) is 1.73. The van der Waals surface area contributed by atoms with Gasteiger partial charge in [-0.1, -0.05) is 6.07 Å². The van der Waals surface area contributed by atoms with E-state index in [0.717, 1.165) is 22.4 Å². The maximum atomic E-state index is 11.3. The SMILES string of the molecule is Nc1cc(-c2ccc3c(c2)CC(=O)N3)ccn1. The van der Waals surface area contributed by atoms with E-state index in [1.807, 2.05) is 30.3 Å². The lowest BCUT2D eigenvalue weighted by atomic mass is 10.0. The Morgan fingerprint density at radius 1 is 1.18 bits per heavy atom. The number of nitrogens with two attached hydrogens (primary N) is 1. The Balaban J connectivity index is 2.06. The summed E-state index contributed by atoms with van der Waals surface area (Å²) < 4.78 is 0. The Morgan fingerprint density at radius 2 is 2.00 bits per heavy atom. The molecule has 3 N–H and O–H groups in total. The lowest BCUT2D eigenvalue weighted by Crippen LogP contribution is -2.03. The zero-order valence-electron chi connectivity index (χ0n) is 9.10. The number of amides is 1. The van der Waals surface area contributed by atoms with E-state index in [1.165, 1.54) is 0 Å². The first-order valence-corrected chi connectivity index (χ1v) is 5.37. The normalized spacial score (nSPS) is 13.3. The quantitative estimate of drug-likeness (QED) is 0.777. The van der Waals surface area contributed by atoms with Crippen LogP contribution in [0.1, 0.15) is 5.56 Å². The smallest absolute Gasteiger partial charge is 0.228 e. The number of fused-ring (bicyclic) bond motifs is 1. The van der Waals surface area contributed by atoms with Gasteiger partial charge in [-0.2, -0.15) is 0 Å². The summed E-state index contributed by atoms with van der Waals surface area (Å²) in [6, 6.07) is 9.64. The van der Waals surface area contributed by atoms with E-state index in [-0.39, 0.29) is 5.91 Å². The minimum atomic E-state index is 0.0476. The van der Waals surface area contributed by atoms with E-state index in [9.17, 15) is 4.79 Å². The lowest BCUT2D eigenvalue weighted by Gasteiger charge is -2.04. The van der Waals surface area contributed by atoms with Crippen LogP contribution in [0.2, 0.25) is 0 Å². The first-order valence-electron chi connectivity index (χ1n) is 5.37. The van der Waals surface area contributed by atoms with Gasteiger partial charge in [-0.15, -0.1) is 0 Å². The minimum Gasteiger partial charge on any atom is -0.384 e. The molecule has 0 atom stereocenters. The fraction of sp³-hybridized carbons (Fsp3) is 0.0769. The highest BCUT2D eigenvalue weighted by Gasteiger charge is 2.17. The number of pyridine rings is 1. The molecule has 1 aliphatic rings. The van der Waals surface area contributed by atoms with Crippen molar-refractivity contribution in [2.24, 2.45) is 0 Å². The van der Waals surface area contributed by atoms with Crippen molar-refractivity contribution in [3.63, 3.8) is 0 Å². The minimum absolute atomic E-state index is 0.0476. The molecule has 3 rings (SSSR count). The van der Waals surface area contributed by atoms with E-state index in [2.05, 4.69) is 10.3 Å². The van der Waals surface area contributed by atoms with Crippen LogP contribution >= 0.6 is 0 Å². The summed E-state index contributed by atoms with van der Waals surface area (Å²) >= 11 is 0. The molecule has 0 radical (unpaired) electrons. The van der Waals surface area contributed by atoms with Crippen molar-refractivity contribution in [2.75, 3.05) is 11.1 Å². The van der Waals surface area contributed by atoms with Gasteiger partial charge in [0.15, 0.2) is 0 Å². The molecule has 4 heteroatoms. The molecule has 0 fully saturated rings. The number of hydrogen-bond acceptors (Lipinski definition) is 3. The average molecular weight is 225 g/mol. The lowest BCUT2D eigenvalue weighted by molar-refractivity contribution is -0.115. The monoisotopic (exact) mass is 225 g/mol. The first-order chi connectivity index (χ1) is 8.22. The maximum absolute atomic E-state index is 11.3. The molecular formula is C13H11N3O. The van der Waals surface area contributed by atoms with Gasteiger partial charge in [-0.05, 0) is 41.0 Å². The number of carbonyl (C=O) groups is 1. The number of hydrogen-bond donors (Lipinski definition) is 2. The number of nitrogen functional groups attached to an aromatic ring is 1. The second-order valence-corrected chi connectivity index (χ2v) is 4.07. The summed E-state index contributed by atoms with van der Waals surface area (Å²) in [5.74, 6) is 0.545. The number of carbonyl (C=O) groups excluding carboxylic acids is 1. The molecule has 0 saturated heterocycles. The van der Waals surface area contributed by atoms with E-state index >= 15 is 0 Å². The zero-order chi connectivity index (χ0) is 11.8. The number of aromatic nitrogens is 1. The summed E-state index contributed by atoms with van der Waals surface area (Å²) in [6.45, 7) is 0. The van der Waals surface area contributed by atoms with Crippen LogP contribution in [0.5, 0.6) is 0 Å². The molecule has 4 nitrogen and oxygen atoms in total. The van der Waals surface area contributed by atoms with Crippen LogP contribution < -0.4 is 11.1 Å². The molecule has 2 aromatic rings. The molecular weight excluding hydrogens is 214 g/mol. The van der Waals surface area contributed by atoms with Crippen LogP contribution in [0.4, 0.5) is 11.5 Å². The Kier molecular flexibility index (Phi) is 2.08. The van der Waals surface area contributed by atoms with Gasteiger partial charge in [-0.25, -0.2) is 4.98 Å². The van der Waals surface area contributed by atoms with Gasteiger partial charge in [0.1, 0.15) is 5.82 Å². The molecule has 1 aliphatic heterocycles. The Bertz CT molecular complexity index is 607. The molecule has 0 unspecified atom stereocenters. The summed E-state index contributed by atoms with van der Waals surface area (Å²) in [7, 11) is 0. The predicted octanol–water partition coefficient (Wildman–Crippen LogP) is 1.83. The molecule has 1 aromatic heterocycles. The van der Waals surface area contributed by atoms with E-state index in [1.54, 1.807) is 6.20 Å². The van der Waals surface area contributed by atoms with Crippen molar-refractivity contribution < 1.29 is 4.79 Å². The van der Waals surface area contributed by atoms with Crippen LogP contribution in [0.25, 0.3) is 11.1 Å². The standard InChI is InChI=1S/C13H11N3O/c14-12-6-9(3-4-15-12)8-1-2-11-10(5-8)7-13(17)16-11/h1-6H,7H2,(H2,14,15)(H,16,17). The highest BCUT2D eigenvalue weighted by atomic mass is 16.1. The molecule has 1 amide bonds. The molecule has 1 aromatic carbocycles. The van der Waals surface area contributed by atoms with Gasteiger partial charge in [0, 0.05) is 11.9 Å². The second kappa shape index (κ2) is 3.59. The molecule has 2 heterocycles. The third-order valence-corrected chi connectivity index (χ3v) is 2.84. The number of nitrogens with one attached hydrogen (secondary N) is 1. The highest BCUT2D eigenvalue weighted by Crippen LogP contribution is 2.29. The molecule has 0 bridgehead atoms. The third-order valence-electron chi connectivity index (χ3n) is 2.84. The molecule has 17 heavy (non-hydrogen) atoms. The van der Waals surface area contributed by atoms with E-state index in [4.69, 9.17) is 5.73 Å². The van der Waals surface area contributed by atoms with Gasteiger partial charge in [0.05, 0.1) is 6.42 Å². The first kappa shape index (κ1) is 9.84. The summed E-state index contributed by atoms with van der Waals surface area (Å²) in [4.78, 5) is 15.2. The van der Waals surface area contributed by atoms with E-state index < -0.39 is 0 Å². The number of nitrogens with zero attached hydrogens (tertiary/aromatic N) is 1. The number of rotatable bonds is 1. The molecule has 0 saturated carbocycles. The van der Waals surface area contributed by atoms with Crippen molar-refractivity contribution in [3.8, 4) is 11.1 Å². The predicted molar refractivity (Wildman–Crippen MR) is 66.4 cm³/mol. The number of anilines is 2. The fourth-order valence-corrected chi connectivity index (χ4v) is 2.04. The van der Waals surface area contributed by atoms with Crippen molar-refractivity contribution in [1.82, 2.24) is 4.98 Å². The summed E-state index contributed by atoms with van der Waals surface area (Å²) in [5, 5.41) is 2.81. The van der Waals surface area contributed by atoms with Gasteiger partial charge in [0.2, 0.25) is 5.91 Å². The topological polar surface area (TPSA) is 68.0 Å². The van der Waals surface area contributed by atoms with Crippen LogP contribution in [-0.2, 0) is 11.2 Å². The van der Waals surface area contributed by atoms with Crippen molar-refractivity contribution >= 4 is 17.4 Å². The van der Waals surface area contributed by atoms with Gasteiger partial charge < -0.3 is 11.1 Å². The van der Waals surface area contributed by atoms with Crippen molar-refractivity contribution in [3.05, 3.63) is 42.1 Å². The number of benzene rings is 1. The Morgan fingerprint density at radius 3 is 2.82 bits per heavy atom. The zero-order valence-corrected chi connectivity index (χ0v) is 9.10. The second-order valence-electron chi connectivity index (χ2n) is 4.07. The highest BCUT2D eigenvalue weighted by molar-refractivity contribution is 5.99.